The predicted molar refractivity (Wildman–Crippen MR) is 100 cm³/mol. The molecule has 0 aliphatic rings. The van der Waals surface area contributed by atoms with Crippen molar-refractivity contribution in [2.75, 3.05) is 39.9 Å². The van der Waals surface area contributed by atoms with Crippen LogP contribution in [0.4, 0.5) is 4.79 Å². The van der Waals surface area contributed by atoms with Crippen LogP contribution in [-0.4, -0.2) is 57.5 Å². The number of guanidine groups is 1. The SMILES string of the molecule is CCOCCCNC(=NC)NCCNC(=O)OC(C)(C)C.I. The Morgan fingerprint density at radius 3 is 2.23 bits per heavy atom. The van der Waals surface area contributed by atoms with Gasteiger partial charge >= 0.3 is 6.09 Å². The number of nitrogens with zero attached hydrogens (tertiary/aromatic N) is 1. The molecule has 0 radical (unpaired) electrons. The highest BCUT2D eigenvalue weighted by Gasteiger charge is 2.15. The molecule has 0 heterocycles. The van der Waals surface area contributed by atoms with Crippen LogP contribution in [0.15, 0.2) is 4.99 Å². The van der Waals surface area contributed by atoms with Gasteiger partial charge < -0.3 is 25.4 Å². The number of rotatable bonds is 8. The third kappa shape index (κ3) is 15.6. The lowest BCUT2D eigenvalue weighted by Gasteiger charge is -2.19. The van der Waals surface area contributed by atoms with Gasteiger partial charge in [0, 0.05) is 39.9 Å². The normalized spacial score (nSPS) is 11.4. The Morgan fingerprint density at radius 1 is 1.09 bits per heavy atom. The van der Waals surface area contributed by atoms with Gasteiger partial charge in [-0.25, -0.2) is 4.79 Å². The molecule has 8 heteroatoms. The Bertz CT molecular complexity index is 320. The van der Waals surface area contributed by atoms with Crippen molar-refractivity contribution in [2.45, 2.75) is 39.7 Å². The summed E-state index contributed by atoms with van der Waals surface area (Å²) in [6, 6.07) is 0. The van der Waals surface area contributed by atoms with Gasteiger partial charge in [-0.1, -0.05) is 0 Å². The second-order valence-electron chi connectivity index (χ2n) is 5.40. The zero-order valence-corrected chi connectivity index (χ0v) is 16.7. The molecule has 3 N–H and O–H groups in total. The van der Waals surface area contributed by atoms with Crippen molar-refractivity contribution in [2.24, 2.45) is 4.99 Å². The number of carbonyl (C=O) groups excluding carboxylic acids is 1. The molecule has 0 saturated carbocycles. The smallest absolute Gasteiger partial charge is 0.407 e. The third-order valence-electron chi connectivity index (χ3n) is 2.27. The zero-order valence-electron chi connectivity index (χ0n) is 14.3. The van der Waals surface area contributed by atoms with E-state index < -0.39 is 11.7 Å². The lowest BCUT2D eigenvalue weighted by Crippen LogP contribution is -2.42. The van der Waals surface area contributed by atoms with Crippen molar-refractivity contribution in [3.05, 3.63) is 0 Å². The number of hydrogen-bond donors (Lipinski definition) is 3. The summed E-state index contributed by atoms with van der Waals surface area (Å²) in [6.07, 6.45) is 0.508. The molecule has 0 aromatic heterocycles. The van der Waals surface area contributed by atoms with E-state index in [0.29, 0.717) is 19.0 Å². The van der Waals surface area contributed by atoms with E-state index in [-0.39, 0.29) is 24.0 Å². The number of halogens is 1. The summed E-state index contributed by atoms with van der Waals surface area (Å²) in [4.78, 5) is 15.5. The molecule has 0 aliphatic carbocycles. The fraction of sp³-hybridized carbons (Fsp3) is 0.857. The van der Waals surface area contributed by atoms with Gasteiger partial charge in [-0.2, -0.15) is 0 Å². The summed E-state index contributed by atoms with van der Waals surface area (Å²) in [6.45, 7) is 10.8. The highest BCUT2D eigenvalue weighted by molar-refractivity contribution is 14.0. The Morgan fingerprint density at radius 2 is 1.68 bits per heavy atom. The minimum absolute atomic E-state index is 0. The molecule has 0 fully saturated rings. The van der Waals surface area contributed by atoms with Crippen molar-refractivity contribution >= 4 is 36.0 Å². The first-order valence-electron chi connectivity index (χ1n) is 7.38. The van der Waals surface area contributed by atoms with E-state index in [2.05, 4.69) is 20.9 Å². The van der Waals surface area contributed by atoms with Crippen LogP contribution in [0.5, 0.6) is 0 Å². The highest BCUT2D eigenvalue weighted by Crippen LogP contribution is 2.05. The number of aliphatic imine (C=N–C) groups is 1. The molecule has 0 atom stereocenters. The van der Waals surface area contributed by atoms with Crippen LogP contribution >= 0.6 is 24.0 Å². The molecule has 0 spiro atoms. The second-order valence-corrected chi connectivity index (χ2v) is 5.40. The first kappa shape index (κ1) is 23.5. The van der Waals surface area contributed by atoms with E-state index in [0.717, 1.165) is 26.2 Å². The largest absolute Gasteiger partial charge is 0.444 e. The molecule has 1 amide bonds. The molecule has 7 nitrogen and oxygen atoms in total. The average Bonchev–Trinajstić information content (AvgIpc) is 2.39. The first-order valence-corrected chi connectivity index (χ1v) is 7.38. The quantitative estimate of drug-likeness (QED) is 0.236. The highest BCUT2D eigenvalue weighted by atomic mass is 127. The zero-order chi connectivity index (χ0) is 16.1. The van der Waals surface area contributed by atoms with Crippen LogP contribution in [-0.2, 0) is 9.47 Å². The number of amides is 1. The van der Waals surface area contributed by atoms with E-state index in [4.69, 9.17) is 9.47 Å². The molecule has 0 aromatic rings. The molecule has 0 unspecified atom stereocenters. The molecular formula is C14H31IN4O3. The van der Waals surface area contributed by atoms with Crippen molar-refractivity contribution < 1.29 is 14.3 Å². The fourth-order valence-corrected chi connectivity index (χ4v) is 1.41. The summed E-state index contributed by atoms with van der Waals surface area (Å²) in [5.41, 5.74) is -0.477. The Kier molecular flexibility index (Phi) is 14.8. The fourth-order valence-electron chi connectivity index (χ4n) is 1.41. The van der Waals surface area contributed by atoms with Crippen LogP contribution in [0.3, 0.4) is 0 Å². The van der Waals surface area contributed by atoms with Crippen molar-refractivity contribution in [1.29, 1.82) is 0 Å². The Hall–Kier alpha value is -0.770. The molecule has 0 aliphatic heterocycles. The maximum Gasteiger partial charge on any atom is 0.407 e. The molecule has 22 heavy (non-hydrogen) atoms. The Labute approximate surface area is 151 Å². The summed E-state index contributed by atoms with van der Waals surface area (Å²) in [5.74, 6) is 0.706. The topological polar surface area (TPSA) is 84.0 Å². The summed E-state index contributed by atoms with van der Waals surface area (Å²) in [5, 5.41) is 8.95. The van der Waals surface area contributed by atoms with Crippen LogP contribution in [0.1, 0.15) is 34.1 Å². The molecular weight excluding hydrogens is 399 g/mol. The number of nitrogens with one attached hydrogen (secondary N) is 3. The van der Waals surface area contributed by atoms with Gasteiger partial charge in [-0.15, -0.1) is 24.0 Å². The van der Waals surface area contributed by atoms with E-state index in [1.807, 2.05) is 27.7 Å². The summed E-state index contributed by atoms with van der Waals surface area (Å²) < 4.78 is 10.4. The van der Waals surface area contributed by atoms with E-state index >= 15 is 0 Å². The van der Waals surface area contributed by atoms with Crippen LogP contribution in [0.2, 0.25) is 0 Å². The van der Waals surface area contributed by atoms with Gasteiger partial charge in [-0.3, -0.25) is 4.99 Å². The minimum atomic E-state index is -0.477. The van der Waals surface area contributed by atoms with Crippen molar-refractivity contribution in [3.63, 3.8) is 0 Å². The number of carbonyl (C=O) groups is 1. The maximum absolute atomic E-state index is 11.4. The van der Waals surface area contributed by atoms with E-state index in [1.54, 1.807) is 7.05 Å². The van der Waals surface area contributed by atoms with Gasteiger partial charge in [0.05, 0.1) is 0 Å². The third-order valence-corrected chi connectivity index (χ3v) is 2.27. The Balaban J connectivity index is 0. The maximum atomic E-state index is 11.4. The predicted octanol–water partition coefficient (Wildman–Crippen LogP) is 1.72. The lowest BCUT2D eigenvalue weighted by atomic mass is 10.2. The number of ether oxygens (including phenoxy) is 2. The van der Waals surface area contributed by atoms with Crippen LogP contribution in [0, 0.1) is 0 Å². The van der Waals surface area contributed by atoms with E-state index in [1.165, 1.54) is 0 Å². The minimum Gasteiger partial charge on any atom is -0.444 e. The van der Waals surface area contributed by atoms with Crippen molar-refractivity contribution in [3.8, 4) is 0 Å². The summed E-state index contributed by atoms with van der Waals surface area (Å²) >= 11 is 0. The molecule has 0 rings (SSSR count). The lowest BCUT2D eigenvalue weighted by molar-refractivity contribution is 0.0529. The van der Waals surface area contributed by atoms with Gasteiger partial charge in [0.25, 0.3) is 0 Å². The monoisotopic (exact) mass is 430 g/mol. The van der Waals surface area contributed by atoms with Crippen LogP contribution in [0.25, 0.3) is 0 Å². The van der Waals surface area contributed by atoms with Gasteiger partial charge in [0.15, 0.2) is 5.96 Å². The molecule has 0 aromatic carbocycles. The molecule has 132 valence electrons. The number of alkyl carbamates (subject to hydrolysis) is 1. The van der Waals surface area contributed by atoms with Gasteiger partial charge in [0.2, 0.25) is 0 Å². The average molecular weight is 430 g/mol. The molecule has 0 saturated heterocycles. The second kappa shape index (κ2) is 13.9. The summed E-state index contributed by atoms with van der Waals surface area (Å²) in [7, 11) is 1.71. The van der Waals surface area contributed by atoms with Gasteiger partial charge in [0.1, 0.15) is 5.60 Å². The van der Waals surface area contributed by atoms with Crippen molar-refractivity contribution in [1.82, 2.24) is 16.0 Å². The standard InChI is InChI=1S/C14H30N4O3.HI/c1-6-20-11-7-8-16-12(15-5)17-9-10-18-13(19)21-14(2,3)4;/h6-11H2,1-5H3,(H,18,19)(H2,15,16,17);1H. The van der Waals surface area contributed by atoms with Crippen LogP contribution < -0.4 is 16.0 Å². The number of hydrogen-bond acceptors (Lipinski definition) is 4. The molecule has 0 bridgehead atoms. The van der Waals surface area contributed by atoms with Gasteiger partial charge in [-0.05, 0) is 34.1 Å². The first-order chi connectivity index (χ1) is 9.89. The van der Waals surface area contributed by atoms with E-state index in [9.17, 15) is 4.79 Å².